The van der Waals surface area contributed by atoms with Crippen LogP contribution in [-0.2, 0) is 5.54 Å². The van der Waals surface area contributed by atoms with E-state index >= 15 is 0 Å². The fourth-order valence-corrected chi connectivity index (χ4v) is 2.14. The minimum Gasteiger partial charge on any atom is -0.364 e. The third-order valence-electron chi connectivity index (χ3n) is 3.27. The number of aromatic nitrogens is 2. The third-order valence-corrected chi connectivity index (χ3v) is 3.27. The Labute approximate surface area is 122 Å². The molecule has 0 amide bonds. The van der Waals surface area contributed by atoms with Gasteiger partial charge in [0.2, 0.25) is 0 Å². The summed E-state index contributed by atoms with van der Waals surface area (Å²) in [6.07, 6.45) is 4.57. The molecule has 0 aromatic carbocycles. The van der Waals surface area contributed by atoms with Crippen LogP contribution in [0.2, 0.25) is 0 Å². The molecular weight excluding hydrogens is 252 g/mol. The number of rotatable bonds is 7. The molecule has 1 aromatic heterocycles. The normalized spacial score (nSPS) is 11.9. The van der Waals surface area contributed by atoms with E-state index in [0.717, 1.165) is 32.6 Å². The van der Waals surface area contributed by atoms with Gasteiger partial charge in [0.1, 0.15) is 0 Å². The second kappa shape index (κ2) is 7.43. The smallest absolute Gasteiger partial charge is 0.293 e. The van der Waals surface area contributed by atoms with Crippen LogP contribution in [0, 0.1) is 0 Å². The highest BCUT2D eigenvalue weighted by atomic mass is 16.1. The Morgan fingerprint density at radius 1 is 1.30 bits per heavy atom. The molecule has 0 spiro atoms. The minimum absolute atomic E-state index is 0.0569. The number of nitrogens with one attached hydrogen (secondary N) is 1. The van der Waals surface area contributed by atoms with Crippen LogP contribution in [0.3, 0.4) is 0 Å². The molecule has 1 N–H and O–H groups in total. The number of hydrogen-bond donors (Lipinski definition) is 1. The van der Waals surface area contributed by atoms with Gasteiger partial charge in [-0.15, -0.1) is 0 Å². The monoisotopic (exact) mass is 280 g/mol. The third kappa shape index (κ3) is 4.63. The second-order valence-corrected chi connectivity index (χ2v) is 5.98. The average molecular weight is 280 g/mol. The van der Waals surface area contributed by atoms with Crippen molar-refractivity contribution in [3.63, 3.8) is 0 Å². The van der Waals surface area contributed by atoms with Gasteiger partial charge in [0.25, 0.3) is 5.56 Å². The maximum Gasteiger partial charge on any atom is 0.293 e. The van der Waals surface area contributed by atoms with Gasteiger partial charge in [0, 0.05) is 31.0 Å². The summed E-state index contributed by atoms with van der Waals surface area (Å²) in [5.74, 6) is 0.440. The van der Waals surface area contributed by atoms with Gasteiger partial charge >= 0.3 is 0 Å². The van der Waals surface area contributed by atoms with E-state index < -0.39 is 0 Å². The van der Waals surface area contributed by atoms with Crippen LogP contribution in [-0.4, -0.2) is 40.6 Å². The van der Waals surface area contributed by atoms with Gasteiger partial charge in [0.15, 0.2) is 5.82 Å². The molecule has 1 heterocycles. The Bertz CT molecular complexity index is 462. The predicted octanol–water partition coefficient (Wildman–Crippen LogP) is 2.14. The predicted molar refractivity (Wildman–Crippen MR) is 84.4 cm³/mol. The molecule has 0 unspecified atom stereocenters. The molecule has 5 heteroatoms. The first-order chi connectivity index (χ1) is 9.40. The fraction of sp³-hybridized carbons (Fsp3) is 0.733. The van der Waals surface area contributed by atoms with Crippen molar-refractivity contribution in [2.45, 2.75) is 46.6 Å². The number of nitrogens with zero attached hydrogens (tertiary/aromatic N) is 3. The van der Waals surface area contributed by atoms with E-state index in [1.807, 2.05) is 20.8 Å². The van der Waals surface area contributed by atoms with Gasteiger partial charge in [-0.1, -0.05) is 13.8 Å². The van der Waals surface area contributed by atoms with Crippen molar-refractivity contribution in [3.8, 4) is 0 Å². The van der Waals surface area contributed by atoms with E-state index in [0.29, 0.717) is 5.82 Å². The molecule has 0 saturated carbocycles. The van der Waals surface area contributed by atoms with Crippen LogP contribution in [0.15, 0.2) is 17.2 Å². The van der Waals surface area contributed by atoms with Crippen molar-refractivity contribution in [3.05, 3.63) is 22.7 Å². The molecule has 0 aliphatic carbocycles. The number of anilines is 1. The molecule has 0 aliphatic heterocycles. The fourth-order valence-electron chi connectivity index (χ4n) is 2.14. The Hall–Kier alpha value is -1.36. The van der Waals surface area contributed by atoms with E-state index in [1.54, 1.807) is 17.0 Å². The highest BCUT2D eigenvalue weighted by Gasteiger charge is 2.16. The highest BCUT2D eigenvalue weighted by Crippen LogP contribution is 2.10. The summed E-state index contributed by atoms with van der Waals surface area (Å²) < 4.78 is 1.71. The Morgan fingerprint density at radius 2 is 2.00 bits per heavy atom. The first-order valence-corrected chi connectivity index (χ1v) is 7.44. The van der Waals surface area contributed by atoms with Crippen LogP contribution < -0.4 is 10.9 Å². The summed E-state index contributed by atoms with van der Waals surface area (Å²) in [5, 5.41) is 3.16. The summed E-state index contributed by atoms with van der Waals surface area (Å²) in [6.45, 7) is 14.2. The molecule has 0 fully saturated rings. The van der Waals surface area contributed by atoms with Crippen molar-refractivity contribution in [1.82, 2.24) is 14.5 Å². The summed E-state index contributed by atoms with van der Waals surface area (Å²) in [7, 11) is 0. The first-order valence-electron chi connectivity index (χ1n) is 7.44. The van der Waals surface area contributed by atoms with E-state index in [9.17, 15) is 4.79 Å². The highest BCUT2D eigenvalue weighted by molar-refractivity contribution is 5.31. The van der Waals surface area contributed by atoms with E-state index in [2.05, 4.69) is 29.0 Å². The van der Waals surface area contributed by atoms with Gasteiger partial charge < -0.3 is 14.8 Å². The maximum absolute atomic E-state index is 12.3. The Kier molecular flexibility index (Phi) is 6.20. The SMILES string of the molecule is CCCN(CC)CCNc1nccn(C(C)(C)C)c1=O. The van der Waals surface area contributed by atoms with Crippen LogP contribution in [0.1, 0.15) is 41.0 Å². The lowest BCUT2D eigenvalue weighted by Gasteiger charge is -2.23. The Morgan fingerprint density at radius 3 is 2.55 bits per heavy atom. The molecule has 114 valence electrons. The van der Waals surface area contributed by atoms with Crippen LogP contribution in [0.5, 0.6) is 0 Å². The Balaban J connectivity index is 2.68. The molecule has 0 saturated heterocycles. The lowest BCUT2D eigenvalue weighted by Crippen LogP contribution is -2.36. The van der Waals surface area contributed by atoms with Crippen molar-refractivity contribution in [2.24, 2.45) is 0 Å². The largest absolute Gasteiger partial charge is 0.364 e. The second-order valence-electron chi connectivity index (χ2n) is 5.98. The zero-order valence-electron chi connectivity index (χ0n) is 13.4. The van der Waals surface area contributed by atoms with Gasteiger partial charge in [-0.25, -0.2) is 4.98 Å². The number of likely N-dealkylation sites (N-methyl/N-ethyl adjacent to an activating group) is 1. The summed E-state index contributed by atoms with van der Waals surface area (Å²) in [4.78, 5) is 18.8. The molecule has 5 nitrogen and oxygen atoms in total. The van der Waals surface area contributed by atoms with Crippen LogP contribution in [0.25, 0.3) is 0 Å². The zero-order valence-corrected chi connectivity index (χ0v) is 13.4. The molecule has 20 heavy (non-hydrogen) atoms. The van der Waals surface area contributed by atoms with Gasteiger partial charge in [-0.05, 0) is 40.3 Å². The molecular formula is C15H28N4O. The molecule has 0 bridgehead atoms. The van der Waals surface area contributed by atoms with Crippen molar-refractivity contribution < 1.29 is 0 Å². The summed E-state index contributed by atoms with van der Waals surface area (Å²) in [5.41, 5.74) is -0.285. The van der Waals surface area contributed by atoms with Crippen LogP contribution >= 0.6 is 0 Å². The van der Waals surface area contributed by atoms with E-state index in [1.165, 1.54) is 0 Å². The molecule has 0 radical (unpaired) electrons. The van der Waals surface area contributed by atoms with Gasteiger partial charge in [-0.2, -0.15) is 0 Å². The number of hydrogen-bond acceptors (Lipinski definition) is 4. The molecule has 1 rings (SSSR count). The lowest BCUT2D eigenvalue weighted by molar-refractivity contribution is 0.299. The van der Waals surface area contributed by atoms with Gasteiger partial charge in [0.05, 0.1) is 0 Å². The average Bonchev–Trinajstić information content (AvgIpc) is 2.38. The van der Waals surface area contributed by atoms with Crippen molar-refractivity contribution in [1.29, 1.82) is 0 Å². The quantitative estimate of drug-likeness (QED) is 0.831. The van der Waals surface area contributed by atoms with Crippen LogP contribution in [0.4, 0.5) is 5.82 Å². The van der Waals surface area contributed by atoms with Crippen molar-refractivity contribution >= 4 is 5.82 Å². The maximum atomic E-state index is 12.3. The van der Waals surface area contributed by atoms with E-state index in [4.69, 9.17) is 0 Å². The standard InChI is InChI=1S/C15H28N4O/c1-6-10-18(7-2)11-8-16-13-14(20)19(12-9-17-13)15(3,4)5/h9,12H,6-8,10-11H2,1-5H3,(H,16,17). The van der Waals surface area contributed by atoms with Gasteiger partial charge in [-0.3, -0.25) is 4.79 Å². The van der Waals surface area contributed by atoms with Crippen molar-refractivity contribution in [2.75, 3.05) is 31.5 Å². The topological polar surface area (TPSA) is 50.2 Å². The van der Waals surface area contributed by atoms with E-state index in [-0.39, 0.29) is 11.1 Å². The molecule has 0 aliphatic rings. The summed E-state index contributed by atoms with van der Waals surface area (Å²) in [6, 6.07) is 0. The minimum atomic E-state index is -0.228. The zero-order chi connectivity index (χ0) is 15.2. The lowest BCUT2D eigenvalue weighted by atomic mass is 10.1. The summed E-state index contributed by atoms with van der Waals surface area (Å²) >= 11 is 0. The first kappa shape index (κ1) is 16.7. The molecule has 0 atom stereocenters. The molecule has 1 aromatic rings.